The Morgan fingerprint density at radius 1 is 1.16 bits per heavy atom. The van der Waals surface area contributed by atoms with Crippen LogP contribution < -0.4 is 0 Å². The lowest BCUT2D eigenvalue weighted by Gasteiger charge is -2.42. The van der Waals surface area contributed by atoms with Crippen LogP contribution in [0.2, 0.25) is 0 Å². The van der Waals surface area contributed by atoms with Gasteiger partial charge in [-0.2, -0.15) is 0 Å². The average Bonchev–Trinajstić information content (AvgIpc) is 2.44. The van der Waals surface area contributed by atoms with Gasteiger partial charge in [-0.25, -0.2) is 0 Å². The van der Waals surface area contributed by atoms with Crippen molar-refractivity contribution in [2.45, 2.75) is 45.1 Å². The maximum atomic E-state index is 5.33. The molecule has 0 bridgehead atoms. The van der Waals surface area contributed by atoms with Gasteiger partial charge in [0, 0.05) is 38.7 Å². The fourth-order valence-electron chi connectivity index (χ4n) is 3.08. The second-order valence-electron chi connectivity index (χ2n) is 5.96. The molecule has 0 aromatic heterocycles. The summed E-state index contributed by atoms with van der Waals surface area (Å²) in [5.74, 6) is 0. The lowest BCUT2D eigenvalue weighted by atomic mass is 9.75. The molecule has 1 rings (SSSR count). The smallest absolute Gasteiger partial charge is 0.0615 e. The zero-order valence-corrected chi connectivity index (χ0v) is 14.4. The molecule has 0 N–H and O–H groups in total. The fraction of sp³-hybridized carbons (Fsp3) is 1.00. The summed E-state index contributed by atoms with van der Waals surface area (Å²) in [7, 11) is 3.56. The second kappa shape index (κ2) is 9.32. The average molecular weight is 336 g/mol. The van der Waals surface area contributed by atoms with Crippen molar-refractivity contribution in [3.63, 3.8) is 0 Å². The number of ether oxygens (including phenoxy) is 2. The zero-order valence-electron chi connectivity index (χ0n) is 12.8. The number of rotatable bonds is 9. The first-order valence-electron chi connectivity index (χ1n) is 7.45. The van der Waals surface area contributed by atoms with Gasteiger partial charge in [-0.15, -0.1) is 0 Å². The van der Waals surface area contributed by atoms with Crippen molar-refractivity contribution in [2.24, 2.45) is 5.41 Å². The Morgan fingerprint density at radius 2 is 1.84 bits per heavy atom. The van der Waals surface area contributed by atoms with Crippen molar-refractivity contribution < 1.29 is 9.47 Å². The van der Waals surface area contributed by atoms with Crippen LogP contribution >= 0.6 is 15.9 Å². The van der Waals surface area contributed by atoms with Crippen LogP contribution in [0.25, 0.3) is 0 Å². The summed E-state index contributed by atoms with van der Waals surface area (Å²) in [6.45, 7) is 6.00. The molecule has 3 nitrogen and oxygen atoms in total. The number of hydrogen-bond donors (Lipinski definition) is 0. The van der Waals surface area contributed by atoms with Crippen molar-refractivity contribution in [3.8, 4) is 0 Å². The molecule has 114 valence electrons. The van der Waals surface area contributed by atoms with Crippen LogP contribution in [0.3, 0.4) is 0 Å². The van der Waals surface area contributed by atoms with Crippen LogP contribution in [0.1, 0.15) is 39.0 Å². The molecule has 0 radical (unpaired) electrons. The van der Waals surface area contributed by atoms with Gasteiger partial charge in [0.2, 0.25) is 0 Å². The minimum atomic E-state index is 0.452. The van der Waals surface area contributed by atoms with Gasteiger partial charge in [0.05, 0.1) is 13.2 Å². The summed E-state index contributed by atoms with van der Waals surface area (Å²) in [6.07, 6.45) is 6.86. The van der Waals surface area contributed by atoms with Gasteiger partial charge >= 0.3 is 0 Å². The van der Waals surface area contributed by atoms with Gasteiger partial charge in [-0.05, 0) is 25.2 Å². The molecule has 0 aliphatic heterocycles. The van der Waals surface area contributed by atoms with Crippen LogP contribution in [0.15, 0.2) is 0 Å². The van der Waals surface area contributed by atoms with Gasteiger partial charge in [0.15, 0.2) is 0 Å². The van der Waals surface area contributed by atoms with E-state index < -0.39 is 0 Å². The van der Waals surface area contributed by atoms with Crippen molar-refractivity contribution in [1.29, 1.82) is 0 Å². The Labute approximate surface area is 127 Å². The van der Waals surface area contributed by atoms with Crippen molar-refractivity contribution in [1.82, 2.24) is 4.90 Å². The van der Waals surface area contributed by atoms with E-state index in [-0.39, 0.29) is 0 Å². The normalized spacial score (nSPS) is 20.7. The molecule has 0 spiro atoms. The molecule has 0 aromatic rings. The molecule has 1 saturated carbocycles. The lowest BCUT2D eigenvalue weighted by Crippen LogP contribution is -2.47. The molecule has 1 unspecified atom stereocenters. The van der Waals surface area contributed by atoms with Crippen molar-refractivity contribution in [3.05, 3.63) is 0 Å². The Balaban J connectivity index is 2.61. The molecule has 19 heavy (non-hydrogen) atoms. The maximum Gasteiger partial charge on any atom is 0.0615 e. The summed E-state index contributed by atoms with van der Waals surface area (Å²) in [5.41, 5.74) is 0.452. The number of nitrogens with zero attached hydrogens (tertiary/aromatic N) is 1. The summed E-state index contributed by atoms with van der Waals surface area (Å²) >= 11 is 3.76. The van der Waals surface area contributed by atoms with E-state index >= 15 is 0 Å². The van der Waals surface area contributed by atoms with E-state index in [9.17, 15) is 0 Å². The van der Waals surface area contributed by atoms with E-state index in [0.717, 1.165) is 31.6 Å². The van der Waals surface area contributed by atoms with Crippen LogP contribution in [-0.4, -0.2) is 56.8 Å². The Hall–Kier alpha value is 0.360. The largest absolute Gasteiger partial charge is 0.383 e. The third-order valence-corrected chi connectivity index (χ3v) is 5.54. The Bertz CT molecular complexity index is 232. The predicted octanol–water partition coefficient (Wildman–Crippen LogP) is 3.32. The van der Waals surface area contributed by atoms with Crippen LogP contribution in [0.4, 0.5) is 0 Å². The quantitative estimate of drug-likeness (QED) is 0.603. The minimum Gasteiger partial charge on any atom is -0.383 e. The van der Waals surface area contributed by atoms with E-state index in [2.05, 4.69) is 27.8 Å². The highest BCUT2D eigenvalue weighted by molar-refractivity contribution is 9.09. The number of halogens is 1. The summed E-state index contributed by atoms with van der Waals surface area (Å²) in [5, 5.41) is 1.11. The standard InChI is InChI=1S/C15H30BrNO2/c1-14(11-19-3)17(9-10-18-2)13-15(12-16)7-5-4-6-8-15/h14H,4-13H2,1-3H3. The lowest BCUT2D eigenvalue weighted by molar-refractivity contribution is 0.0381. The Kier molecular flexibility index (Phi) is 8.54. The van der Waals surface area contributed by atoms with Gasteiger partial charge < -0.3 is 9.47 Å². The summed E-state index contributed by atoms with van der Waals surface area (Å²) in [4.78, 5) is 2.54. The number of hydrogen-bond acceptors (Lipinski definition) is 3. The van der Waals surface area contributed by atoms with E-state index in [1.165, 1.54) is 32.1 Å². The van der Waals surface area contributed by atoms with Gasteiger partial charge in [0.25, 0.3) is 0 Å². The topological polar surface area (TPSA) is 21.7 Å². The minimum absolute atomic E-state index is 0.452. The molecule has 0 aromatic carbocycles. The van der Waals surface area contributed by atoms with Gasteiger partial charge in [0.1, 0.15) is 0 Å². The monoisotopic (exact) mass is 335 g/mol. The zero-order chi connectivity index (χ0) is 14.1. The number of methoxy groups -OCH3 is 2. The van der Waals surface area contributed by atoms with E-state index in [0.29, 0.717) is 11.5 Å². The third-order valence-electron chi connectivity index (χ3n) is 4.35. The van der Waals surface area contributed by atoms with Gasteiger partial charge in [-0.3, -0.25) is 4.90 Å². The third kappa shape index (κ3) is 5.70. The van der Waals surface area contributed by atoms with Crippen LogP contribution in [0, 0.1) is 5.41 Å². The molecule has 4 heteroatoms. The molecule has 1 aliphatic carbocycles. The number of alkyl halides is 1. The SMILES string of the molecule is COCCN(CC1(CBr)CCCCC1)C(C)COC. The van der Waals surface area contributed by atoms with E-state index in [1.807, 2.05) is 0 Å². The van der Waals surface area contributed by atoms with Crippen LogP contribution in [0.5, 0.6) is 0 Å². The Morgan fingerprint density at radius 3 is 2.37 bits per heavy atom. The molecule has 0 heterocycles. The molecule has 1 aliphatic rings. The van der Waals surface area contributed by atoms with Crippen LogP contribution in [-0.2, 0) is 9.47 Å². The fourth-order valence-corrected chi connectivity index (χ4v) is 3.82. The first-order chi connectivity index (χ1) is 9.17. The van der Waals surface area contributed by atoms with Gasteiger partial charge in [-0.1, -0.05) is 35.2 Å². The molecule has 0 saturated heterocycles. The molecule has 1 atom stereocenters. The summed E-state index contributed by atoms with van der Waals surface area (Å²) < 4.78 is 10.6. The maximum absolute atomic E-state index is 5.33. The van der Waals surface area contributed by atoms with E-state index in [4.69, 9.17) is 9.47 Å². The first kappa shape index (κ1) is 17.4. The molecular formula is C15H30BrNO2. The molecule has 1 fully saturated rings. The van der Waals surface area contributed by atoms with Crippen molar-refractivity contribution >= 4 is 15.9 Å². The highest BCUT2D eigenvalue weighted by atomic mass is 79.9. The van der Waals surface area contributed by atoms with Crippen molar-refractivity contribution in [2.75, 3.05) is 45.9 Å². The van der Waals surface area contributed by atoms with E-state index in [1.54, 1.807) is 14.2 Å². The predicted molar refractivity (Wildman–Crippen MR) is 84.1 cm³/mol. The highest BCUT2D eigenvalue weighted by Gasteiger charge is 2.34. The second-order valence-corrected chi connectivity index (χ2v) is 6.52. The summed E-state index contributed by atoms with van der Waals surface area (Å²) in [6, 6.07) is 0.456. The molecular weight excluding hydrogens is 306 g/mol. The molecule has 0 amide bonds. The highest BCUT2D eigenvalue weighted by Crippen LogP contribution is 2.38. The first-order valence-corrected chi connectivity index (χ1v) is 8.57.